The number of esters is 1. The number of hydrogen-bond acceptors (Lipinski definition) is 3. The van der Waals surface area contributed by atoms with Gasteiger partial charge in [-0.15, -0.1) is 0 Å². The smallest absolute Gasteiger partial charge is 0.328 e. The average Bonchev–Trinajstić information content (AvgIpc) is 2.87. The Morgan fingerprint density at radius 1 is 1.25 bits per heavy atom. The fraction of sp³-hybridized carbons (Fsp3) is 0.500. The summed E-state index contributed by atoms with van der Waals surface area (Å²) in [7, 11) is 1.39. The second-order valence-corrected chi connectivity index (χ2v) is 5.49. The first-order valence-corrected chi connectivity index (χ1v) is 7.19. The van der Waals surface area contributed by atoms with Gasteiger partial charge < -0.3 is 9.64 Å². The van der Waals surface area contributed by atoms with E-state index in [1.54, 1.807) is 4.90 Å². The minimum Gasteiger partial charge on any atom is -0.467 e. The van der Waals surface area contributed by atoms with Gasteiger partial charge in [0.2, 0.25) is 5.91 Å². The highest BCUT2D eigenvalue weighted by atomic mass is 16.5. The molecule has 0 N–H and O–H groups in total. The highest BCUT2D eigenvalue weighted by Gasteiger charge is 2.42. The van der Waals surface area contributed by atoms with Crippen LogP contribution in [0.4, 0.5) is 0 Å². The Labute approximate surface area is 118 Å². The van der Waals surface area contributed by atoms with Gasteiger partial charge in [0.15, 0.2) is 0 Å². The molecule has 0 spiro atoms. The molecule has 20 heavy (non-hydrogen) atoms. The summed E-state index contributed by atoms with van der Waals surface area (Å²) in [5.74, 6) is -0.221. The van der Waals surface area contributed by atoms with Crippen LogP contribution in [-0.4, -0.2) is 29.9 Å². The number of likely N-dealkylation sites (tertiary alicyclic amines) is 1. The lowest BCUT2D eigenvalue weighted by Crippen LogP contribution is -2.42. The van der Waals surface area contributed by atoms with E-state index < -0.39 is 6.04 Å². The lowest BCUT2D eigenvalue weighted by Gasteiger charge is -2.36. The van der Waals surface area contributed by atoms with Crippen molar-refractivity contribution in [3.63, 3.8) is 0 Å². The number of carbonyl (C=O) groups excluding carboxylic acids is 2. The number of amides is 1. The molecular formula is C16H19NO3. The molecule has 4 nitrogen and oxygen atoms in total. The fourth-order valence-electron chi connectivity index (χ4n) is 3.48. The third kappa shape index (κ3) is 2.09. The number of ether oxygens (including phenoxy) is 1. The topological polar surface area (TPSA) is 46.6 Å². The molecule has 1 amide bonds. The van der Waals surface area contributed by atoms with Crippen LogP contribution in [0.2, 0.25) is 0 Å². The van der Waals surface area contributed by atoms with Crippen LogP contribution >= 0.6 is 0 Å². The largest absolute Gasteiger partial charge is 0.467 e. The first-order chi connectivity index (χ1) is 9.72. The van der Waals surface area contributed by atoms with E-state index in [1.165, 1.54) is 18.2 Å². The molecule has 1 aromatic rings. The molecule has 0 bridgehead atoms. The number of rotatable bonds is 2. The van der Waals surface area contributed by atoms with E-state index in [2.05, 4.69) is 12.1 Å². The van der Waals surface area contributed by atoms with Gasteiger partial charge in [0, 0.05) is 6.42 Å². The molecule has 1 aliphatic heterocycles. The molecule has 0 radical (unpaired) electrons. The standard InChI is InChI=1S/C16H19NO3/c1-20-16(19)14-9-10-15(18)17(14)13-8-4-6-11-5-2-3-7-12(11)13/h2-3,5,7,13-14H,4,6,8-10H2,1H3. The van der Waals surface area contributed by atoms with Crippen LogP contribution in [0.3, 0.4) is 0 Å². The van der Waals surface area contributed by atoms with E-state index >= 15 is 0 Å². The van der Waals surface area contributed by atoms with Crippen molar-refractivity contribution in [3.05, 3.63) is 35.4 Å². The molecule has 2 aliphatic rings. The van der Waals surface area contributed by atoms with Gasteiger partial charge in [-0.25, -0.2) is 4.79 Å². The van der Waals surface area contributed by atoms with Crippen molar-refractivity contribution in [1.82, 2.24) is 4.90 Å². The van der Waals surface area contributed by atoms with E-state index in [-0.39, 0.29) is 17.9 Å². The first kappa shape index (κ1) is 13.2. The van der Waals surface area contributed by atoms with Crippen LogP contribution in [0.1, 0.15) is 42.9 Å². The van der Waals surface area contributed by atoms with Gasteiger partial charge in [0.05, 0.1) is 13.2 Å². The highest BCUT2D eigenvalue weighted by molar-refractivity contribution is 5.88. The van der Waals surface area contributed by atoms with Crippen molar-refractivity contribution >= 4 is 11.9 Å². The molecule has 3 rings (SSSR count). The van der Waals surface area contributed by atoms with Crippen molar-refractivity contribution in [2.45, 2.75) is 44.2 Å². The molecule has 4 heteroatoms. The summed E-state index contributed by atoms with van der Waals surface area (Å²) in [4.78, 5) is 25.9. The Morgan fingerprint density at radius 2 is 2.05 bits per heavy atom. The number of fused-ring (bicyclic) bond motifs is 1. The van der Waals surface area contributed by atoms with Crippen LogP contribution in [0.15, 0.2) is 24.3 Å². The molecule has 1 aromatic carbocycles. The number of aryl methyl sites for hydroxylation is 1. The lowest BCUT2D eigenvalue weighted by atomic mass is 9.86. The Hall–Kier alpha value is -1.84. The predicted octanol–water partition coefficient (Wildman–Crippen LogP) is 2.23. The molecule has 0 aromatic heterocycles. The summed E-state index contributed by atoms with van der Waals surface area (Å²) in [5.41, 5.74) is 2.50. The quantitative estimate of drug-likeness (QED) is 0.776. The summed E-state index contributed by atoms with van der Waals surface area (Å²) < 4.78 is 4.86. The van der Waals surface area contributed by atoms with Gasteiger partial charge in [-0.3, -0.25) is 4.79 Å². The average molecular weight is 273 g/mol. The van der Waals surface area contributed by atoms with Crippen LogP contribution < -0.4 is 0 Å². The van der Waals surface area contributed by atoms with Gasteiger partial charge in [0.25, 0.3) is 0 Å². The summed E-state index contributed by atoms with van der Waals surface area (Å²) in [6.45, 7) is 0. The maximum absolute atomic E-state index is 12.2. The Balaban J connectivity index is 1.95. The van der Waals surface area contributed by atoms with E-state index in [4.69, 9.17) is 4.74 Å². The monoisotopic (exact) mass is 273 g/mol. The van der Waals surface area contributed by atoms with Crippen molar-refractivity contribution in [2.75, 3.05) is 7.11 Å². The first-order valence-electron chi connectivity index (χ1n) is 7.19. The third-order valence-corrected chi connectivity index (χ3v) is 4.40. The summed E-state index contributed by atoms with van der Waals surface area (Å²) in [5, 5.41) is 0. The second-order valence-electron chi connectivity index (χ2n) is 5.49. The normalized spacial score (nSPS) is 25.4. The van der Waals surface area contributed by atoms with Crippen molar-refractivity contribution in [1.29, 1.82) is 0 Å². The maximum Gasteiger partial charge on any atom is 0.328 e. The maximum atomic E-state index is 12.2. The van der Waals surface area contributed by atoms with E-state index in [9.17, 15) is 9.59 Å². The van der Waals surface area contributed by atoms with E-state index in [1.807, 2.05) is 12.1 Å². The third-order valence-electron chi connectivity index (χ3n) is 4.40. The van der Waals surface area contributed by atoms with Gasteiger partial charge in [-0.05, 0) is 36.8 Å². The zero-order chi connectivity index (χ0) is 14.1. The van der Waals surface area contributed by atoms with Crippen LogP contribution in [-0.2, 0) is 20.7 Å². The molecular weight excluding hydrogens is 254 g/mol. The number of carbonyl (C=O) groups is 2. The van der Waals surface area contributed by atoms with Crippen molar-refractivity contribution in [3.8, 4) is 0 Å². The molecule has 2 unspecified atom stereocenters. The molecule has 0 saturated carbocycles. The molecule has 1 heterocycles. The van der Waals surface area contributed by atoms with Gasteiger partial charge in [-0.1, -0.05) is 24.3 Å². The summed E-state index contributed by atoms with van der Waals surface area (Å²) in [6, 6.07) is 7.85. The molecule has 1 saturated heterocycles. The summed E-state index contributed by atoms with van der Waals surface area (Å²) >= 11 is 0. The van der Waals surface area contributed by atoms with Gasteiger partial charge in [0.1, 0.15) is 6.04 Å². The fourth-order valence-corrected chi connectivity index (χ4v) is 3.48. The number of hydrogen-bond donors (Lipinski definition) is 0. The molecule has 1 fully saturated rings. The zero-order valence-electron chi connectivity index (χ0n) is 11.7. The van der Waals surface area contributed by atoms with E-state index in [0.717, 1.165) is 19.3 Å². The molecule has 106 valence electrons. The Bertz CT molecular complexity index is 540. The number of benzene rings is 1. The lowest BCUT2D eigenvalue weighted by molar-refractivity contribution is -0.151. The SMILES string of the molecule is COC(=O)C1CCC(=O)N1C1CCCc2ccccc21. The van der Waals surface area contributed by atoms with Crippen molar-refractivity contribution < 1.29 is 14.3 Å². The predicted molar refractivity (Wildman–Crippen MR) is 74.0 cm³/mol. The molecule has 1 aliphatic carbocycles. The zero-order valence-corrected chi connectivity index (χ0v) is 11.7. The highest BCUT2D eigenvalue weighted by Crippen LogP contribution is 2.38. The summed E-state index contributed by atoms with van der Waals surface area (Å²) in [6.07, 6.45) is 4.05. The van der Waals surface area contributed by atoms with Crippen molar-refractivity contribution in [2.24, 2.45) is 0 Å². The second kappa shape index (κ2) is 5.27. The van der Waals surface area contributed by atoms with Crippen LogP contribution in [0.25, 0.3) is 0 Å². The number of methoxy groups -OCH3 is 1. The minimum atomic E-state index is -0.413. The Kier molecular flexibility index (Phi) is 3.47. The van der Waals surface area contributed by atoms with Crippen LogP contribution in [0, 0.1) is 0 Å². The van der Waals surface area contributed by atoms with Crippen LogP contribution in [0.5, 0.6) is 0 Å². The number of nitrogens with zero attached hydrogens (tertiary/aromatic N) is 1. The molecule has 2 atom stereocenters. The Morgan fingerprint density at radius 3 is 2.85 bits per heavy atom. The minimum absolute atomic E-state index is 0.0269. The van der Waals surface area contributed by atoms with E-state index in [0.29, 0.717) is 12.8 Å². The van der Waals surface area contributed by atoms with Gasteiger partial charge >= 0.3 is 5.97 Å². The van der Waals surface area contributed by atoms with Gasteiger partial charge in [-0.2, -0.15) is 0 Å².